The first-order chi connectivity index (χ1) is 19.5. The molecule has 1 fully saturated rings. The van der Waals surface area contributed by atoms with Crippen molar-refractivity contribution in [2.45, 2.75) is 57.4 Å². The summed E-state index contributed by atoms with van der Waals surface area (Å²) in [6.45, 7) is 0.234. The predicted octanol–water partition coefficient (Wildman–Crippen LogP) is 4.38. The zero-order chi connectivity index (χ0) is 30.0. The molecule has 0 spiro atoms. The number of amides is 3. The van der Waals surface area contributed by atoms with E-state index in [1.54, 1.807) is 42.5 Å². The molecule has 1 atom stereocenters. The van der Waals surface area contributed by atoms with Gasteiger partial charge < -0.3 is 25.8 Å². The average Bonchev–Trinajstić information content (AvgIpc) is 3.42. The van der Waals surface area contributed by atoms with Gasteiger partial charge in [-0.1, -0.05) is 54.2 Å². The van der Waals surface area contributed by atoms with E-state index in [1.165, 1.54) is 7.11 Å². The van der Waals surface area contributed by atoms with Crippen LogP contribution in [0.3, 0.4) is 0 Å². The molecular weight excluding hydrogens is 573 g/mol. The first-order valence-corrected chi connectivity index (χ1v) is 14.0. The van der Waals surface area contributed by atoms with Gasteiger partial charge in [0, 0.05) is 25.1 Å². The Labute approximate surface area is 248 Å². The molecule has 3 rings (SSSR count). The molecule has 0 aromatic heterocycles. The van der Waals surface area contributed by atoms with Gasteiger partial charge in [-0.05, 0) is 49.1 Å². The van der Waals surface area contributed by atoms with Crippen molar-refractivity contribution in [3.05, 3.63) is 63.6 Å². The number of rotatable bonds is 13. The Kier molecular flexibility index (Phi) is 11.5. The number of esters is 1. The van der Waals surface area contributed by atoms with Crippen LogP contribution in [0.25, 0.3) is 0 Å². The van der Waals surface area contributed by atoms with Crippen LogP contribution in [-0.2, 0) is 30.3 Å². The summed E-state index contributed by atoms with van der Waals surface area (Å²) in [6.07, 6.45) is 3.19. The number of benzene rings is 2. The van der Waals surface area contributed by atoms with Crippen LogP contribution in [0.4, 0.5) is 5.69 Å². The normalized spacial score (nSPS) is 14.5. The number of carbonyl (C=O) groups is 5. The van der Waals surface area contributed by atoms with E-state index in [-0.39, 0.29) is 53.2 Å². The molecule has 0 radical (unpaired) electrons. The minimum Gasteiger partial charge on any atom is -0.480 e. The number of methoxy groups -OCH3 is 1. The summed E-state index contributed by atoms with van der Waals surface area (Å²) in [5.41, 5.74) is 0.474. The summed E-state index contributed by atoms with van der Waals surface area (Å²) < 4.78 is 4.53. The molecule has 3 amide bonds. The second-order valence-corrected chi connectivity index (χ2v) is 10.8. The van der Waals surface area contributed by atoms with Gasteiger partial charge in [0.1, 0.15) is 6.04 Å². The molecular formula is C29H33Cl2N3O7. The molecule has 0 unspecified atom stereocenters. The van der Waals surface area contributed by atoms with Crippen molar-refractivity contribution >= 4 is 58.5 Å². The van der Waals surface area contributed by atoms with E-state index in [4.69, 9.17) is 23.2 Å². The Bertz CT molecular complexity index is 1260. The van der Waals surface area contributed by atoms with Crippen molar-refractivity contribution in [1.29, 1.82) is 0 Å². The maximum absolute atomic E-state index is 13.3. The van der Waals surface area contributed by atoms with Crippen molar-refractivity contribution in [3.8, 4) is 0 Å². The van der Waals surface area contributed by atoms with Crippen LogP contribution in [-0.4, -0.2) is 54.5 Å². The summed E-state index contributed by atoms with van der Waals surface area (Å²) in [7, 11) is 1.25. The van der Waals surface area contributed by atoms with Crippen LogP contribution in [0.15, 0.2) is 42.5 Å². The van der Waals surface area contributed by atoms with Crippen molar-refractivity contribution in [3.63, 3.8) is 0 Å². The lowest BCUT2D eigenvalue weighted by Gasteiger charge is -2.29. The Balaban J connectivity index is 1.58. The van der Waals surface area contributed by atoms with Gasteiger partial charge >= 0.3 is 11.9 Å². The van der Waals surface area contributed by atoms with Gasteiger partial charge in [0.15, 0.2) is 0 Å². The Hall–Kier alpha value is -3.63. The van der Waals surface area contributed by atoms with Gasteiger partial charge in [-0.2, -0.15) is 0 Å². The van der Waals surface area contributed by atoms with Gasteiger partial charge in [0.05, 0.1) is 34.6 Å². The first-order valence-electron chi connectivity index (χ1n) is 13.3. The van der Waals surface area contributed by atoms with Gasteiger partial charge in [0.2, 0.25) is 11.8 Å². The highest BCUT2D eigenvalue weighted by Gasteiger charge is 2.42. The highest BCUT2D eigenvalue weighted by Crippen LogP contribution is 2.41. The number of hydrogen-bond donors (Lipinski definition) is 4. The number of carboxylic acids is 1. The van der Waals surface area contributed by atoms with E-state index in [0.29, 0.717) is 30.5 Å². The fourth-order valence-corrected chi connectivity index (χ4v) is 5.44. The molecule has 220 valence electrons. The summed E-state index contributed by atoms with van der Waals surface area (Å²) in [5.74, 6) is -2.81. The third-order valence-electron chi connectivity index (χ3n) is 7.20. The lowest BCUT2D eigenvalue weighted by molar-refractivity contribution is -0.144. The summed E-state index contributed by atoms with van der Waals surface area (Å²) in [4.78, 5) is 61.3. The van der Waals surface area contributed by atoms with Crippen LogP contribution in [0, 0.1) is 5.41 Å². The van der Waals surface area contributed by atoms with Crippen molar-refractivity contribution < 1.29 is 33.8 Å². The van der Waals surface area contributed by atoms with Crippen molar-refractivity contribution in [2.24, 2.45) is 5.41 Å². The van der Waals surface area contributed by atoms with E-state index in [2.05, 4.69) is 20.7 Å². The molecule has 41 heavy (non-hydrogen) atoms. The highest BCUT2D eigenvalue weighted by molar-refractivity contribution is 6.40. The number of anilines is 1. The van der Waals surface area contributed by atoms with Crippen LogP contribution in [0.2, 0.25) is 10.0 Å². The maximum atomic E-state index is 13.3. The fraction of sp³-hybridized carbons (Fsp3) is 0.414. The quantitative estimate of drug-likeness (QED) is 0.247. The van der Waals surface area contributed by atoms with Gasteiger partial charge in [-0.3, -0.25) is 19.2 Å². The van der Waals surface area contributed by atoms with E-state index in [1.807, 2.05) is 0 Å². The first kappa shape index (κ1) is 31.9. The lowest BCUT2D eigenvalue weighted by atomic mass is 9.81. The van der Waals surface area contributed by atoms with Gasteiger partial charge in [0.25, 0.3) is 5.91 Å². The molecule has 0 saturated heterocycles. The zero-order valence-corrected chi connectivity index (χ0v) is 24.1. The molecule has 4 N–H and O–H groups in total. The Morgan fingerprint density at radius 2 is 1.61 bits per heavy atom. The summed E-state index contributed by atoms with van der Waals surface area (Å²) >= 11 is 12.2. The minimum atomic E-state index is -1.17. The second-order valence-electron chi connectivity index (χ2n) is 9.98. The lowest BCUT2D eigenvalue weighted by Crippen LogP contribution is -2.49. The monoisotopic (exact) mass is 605 g/mol. The van der Waals surface area contributed by atoms with Gasteiger partial charge in [-0.15, -0.1) is 0 Å². The molecule has 0 aliphatic heterocycles. The topological polar surface area (TPSA) is 151 Å². The molecule has 1 aliphatic rings. The molecule has 0 bridgehead atoms. The standard InChI is InChI=1S/C29H33Cl2N3O7/c1-41-24(36)12-11-23(35)32-16-15-29(13-2-3-14-29)28(40)34-22(27(38)39)17-18-7-9-19(10-8-18)33-26(37)25-20(30)5-4-6-21(25)31/h4-10,22H,2-3,11-17H2,1H3,(H,32,35)(H,33,37)(H,34,40)(H,38,39)/t22-/m0/s1. The fourth-order valence-electron chi connectivity index (χ4n) is 4.87. The summed E-state index contributed by atoms with van der Waals surface area (Å²) in [5, 5.41) is 18.4. The Morgan fingerprint density at radius 3 is 2.20 bits per heavy atom. The average molecular weight is 607 g/mol. The largest absolute Gasteiger partial charge is 0.480 e. The smallest absolute Gasteiger partial charge is 0.326 e. The molecule has 2 aromatic carbocycles. The molecule has 1 saturated carbocycles. The number of ether oxygens (including phenoxy) is 1. The number of halogens is 2. The molecule has 0 heterocycles. The zero-order valence-electron chi connectivity index (χ0n) is 22.6. The van der Waals surface area contributed by atoms with E-state index in [0.717, 1.165) is 12.8 Å². The second kappa shape index (κ2) is 14.8. The summed E-state index contributed by atoms with van der Waals surface area (Å²) in [6, 6.07) is 10.2. The third-order valence-corrected chi connectivity index (χ3v) is 7.83. The molecule has 10 nitrogen and oxygen atoms in total. The number of hydrogen-bond acceptors (Lipinski definition) is 6. The highest BCUT2D eigenvalue weighted by atomic mass is 35.5. The number of carboxylic acid groups (broad SMARTS) is 1. The van der Waals surface area contributed by atoms with Crippen LogP contribution in [0.1, 0.15) is 60.9 Å². The van der Waals surface area contributed by atoms with Crippen molar-refractivity contribution in [1.82, 2.24) is 10.6 Å². The van der Waals surface area contributed by atoms with Crippen LogP contribution >= 0.6 is 23.2 Å². The molecule has 12 heteroatoms. The SMILES string of the molecule is COC(=O)CCC(=O)NCCC1(C(=O)N[C@@H](Cc2ccc(NC(=O)c3c(Cl)cccc3Cl)cc2)C(=O)O)CCCC1. The van der Waals surface area contributed by atoms with E-state index in [9.17, 15) is 29.1 Å². The Morgan fingerprint density at radius 1 is 0.976 bits per heavy atom. The third kappa shape index (κ3) is 8.93. The maximum Gasteiger partial charge on any atom is 0.326 e. The van der Waals surface area contributed by atoms with Crippen LogP contribution < -0.4 is 16.0 Å². The van der Waals surface area contributed by atoms with Gasteiger partial charge in [-0.25, -0.2) is 4.79 Å². The molecule has 2 aromatic rings. The van der Waals surface area contributed by atoms with Crippen LogP contribution in [0.5, 0.6) is 0 Å². The minimum absolute atomic E-state index is 0.0107. The van der Waals surface area contributed by atoms with E-state index < -0.39 is 29.3 Å². The number of aliphatic carboxylic acids is 1. The number of carbonyl (C=O) groups excluding carboxylic acids is 4. The molecule has 1 aliphatic carbocycles. The van der Waals surface area contributed by atoms with E-state index >= 15 is 0 Å². The number of nitrogens with one attached hydrogen (secondary N) is 3. The predicted molar refractivity (Wildman–Crippen MR) is 154 cm³/mol. The van der Waals surface area contributed by atoms with Crippen molar-refractivity contribution in [2.75, 3.05) is 19.0 Å².